The van der Waals surface area contributed by atoms with E-state index in [9.17, 15) is 4.79 Å². The first kappa shape index (κ1) is 12.9. The zero-order chi connectivity index (χ0) is 10.8. The molecule has 0 rings (SSSR count). The largest absolute Gasteiger partial charge is 0.462 e. The molecule has 3 heteroatoms. The second kappa shape index (κ2) is 8.51. The lowest BCUT2D eigenvalue weighted by molar-refractivity contribution is -0.139. The van der Waals surface area contributed by atoms with E-state index in [0.717, 1.165) is 12.8 Å². The molecule has 0 saturated heterocycles. The van der Waals surface area contributed by atoms with Crippen molar-refractivity contribution in [2.24, 2.45) is 0 Å². The van der Waals surface area contributed by atoms with Crippen LogP contribution in [0.25, 0.3) is 0 Å². The first-order valence-corrected chi connectivity index (χ1v) is 4.88. The molecule has 0 aromatic carbocycles. The standard InChI is InChI=1S/C11H19NO2/c1-4-6-8-14-11(13)10(3)9-12-7-5-2/h5,12H,2-4,6-9H2,1H3. The van der Waals surface area contributed by atoms with Crippen LogP contribution in [0.1, 0.15) is 19.8 Å². The van der Waals surface area contributed by atoms with Crippen LogP contribution in [-0.2, 0) is 9.53 Å². The van der Waals surface area contributed by atoms with Crippen molar-refractivity contribution in [1.82, 2.24) is 5.32 Å². The molecule has 0 bridgehead atoms. The van der Waals surface area contributed by atoms with Gasteiger partial charge in [0.25, 0.3) is 0 Å². The van der Waals surface area contributed by atoms with Crippen LogP contribution in [-0.4, -0.2) is 25.7 Å². The van der Waals surface area contributed by atoms with Gasteiger partial charge in [-0.3, -0.25) is 0 Å². The van der Waals surface area contributed by atoms with Gasteiger partial charge in [0.15, 0.2) is 0 Å². The highest BCUT2D eigenvalue weighted by atomic mass is 16.5. The zero-order valence-electron chi connectivity index (χ0n) is 8.84. The topological polar surface area (TPSA) is 38.3 Å². The van der Waals surface area contributed by atoms with Crippen molar-refractivity contribution in [1.29, 1.82) is 0 Å². The molecule has 80 valence electrons. The van der Waals surface area contributed by atoms with Crippen molar-refractivity contribution in [3.05, 3.63) is 24.8 Å². The van der Waals surface area contributed by atoms with Crippen molar-refractivity contribution in [3.63, 3.8) is 0 Å². The van der Waals surface area contributed by atoms with Crippen molar-refractivity contribution >= 4 is 5.97 Å². The van der Waals surface area contributed by atoms with Gasteiger partial charge in [-0.25, -0.2) is 4.79 Å². The maximum absolute atomic E-state index is 11.2. The molecule has 0 aliphatic carbocycles. The quantitative estimate of drug-likeness (QED) is 0.278. The van der Waals surface area contributed by atoms with Crippen LogP contribution < -0.4 is 5.32 Å². The fraction of sp³-hybridized carbons (Fsp3) is 0.545. The van der Waals surface area contributed by atoms with Crippen LogP contribution in [0, 0.1) is 0 Å². The summed E-state index contributed by atoms with van der Waals surface area (Å²) < 4.78 is 4.97. The number of rotatable bonds is 8. The minimum Gasteiger partial charge on any atom is -0.462 e. The van der Waals surface area contributed by atoms with Crippen LogP contribution in [0.3, 0.4) is 0 Å². The lowest BCUT2D eigenvalue weighted by Gasteiger charge is -2.06. The molecule has 1 N–H and O–H groups in total. The fourth-order valence-corrected chi connectivity index (χ4v) is 0.809. The predicted octanol–water partition coefficient (Wildman–Crippen LogP) is 1.66. The summed E-state index contributed by atoms with van der Waals surface area (Å²) in [5.41, 5.74) is 0.461. The van der Waals surface area contributed by atoms with E-state index in [1.807, 2.05) is 6.92 Å². The van der Waals surface area contributed by atoms with E-state index in [4.69, 9.17) is 4.74 Å². The van der Waals surface area contributed by atoms with E-state index in [1.54, 1.807) is 6.08 Å². The first-order valence-electron chi connectivity index (χ1n) is 4.88. The van der Waals surface area contributed by atoms with E-state index in [1.165, 1.54) is 0 Å². The molecule has 0 fully saturated rings. The molecule has 0 atom stereocenters. The summed E-state index contributed by atoms with van der Waals surface area (Å²) in [6.07, 6.45) is 3.66. The summed E-state index contributed by atoms with van der Waals surface area (Å²) in [7, 11) is 0. The predicted molar refractivity (Wildman–Crippen MR) is 58.1 cm³/mol. The lowest BCUT2D eigenvalue weighted by atomic mass is 10.3. The molecule has 0 aromatic heterocycles. The average molecular weight is 197 g/mol. The van der Waals surface area contributed by atoms with E-state index < -0.39 is 0 Å². The minimum atomic E-state index is -0.310. The van der Waals surface area contributed by atoms with Crippen LogP contribution in [0.15, 0.2) is 24.8 Å². The number of ether oxygens (including phenoxy) is 1. The summed E-state index contributed by atoms with van der Waals surface area (Å²) in [6, 6.07) is 0. The van der Waals surface area contributed by atoms with Crippen molar-refractivity contribution in [2.75, 3.05) is 19.7 Å². The summed E-state index contributed by atoms with van der Waals surface area (Å²) in [6.45, 7) is 10.8. The number of carbonyl (C=O) groups is 1. The molecule has 3 nitrogen and oxygen atoms in total. The van der Waals surface area contributed by atoms with Gasteiger partial charge in [0.1, 0.15) is 0 Å². The van der Waals surface area contributed by atoms with Gasteiger partial charge < -0.3 is 10.1 Å². The van der Waals surface area contributed by atoms with Gasteiger partial charge >= 0.3 is 5.97 Å². The Kier molecular flexibility index (Phi) is 7.84. The molecular formula is C11H19NO2. The summed E-state index contributed by atoms with van der Waals surface area (Å²) in [4.78, 5) is 11.2. The monoisotopic (exact) mass is 197 g/mol. The Morgan fingerprint density at radius 2 is 2.29 bits per heavy atom. The molecule has 0 aliphatic heterocycles. The third-order valence-corrected chi connectivity index (χ3v) is 1.65. The van der Waals surface area contributed by atoms with Crippen LogP contribution in [0.4, 0.5) is 0 Å². The van der Waals surface area contributed by atoms with Gasteiger partial charge in [-0.05, 0) is 6.42 Å². The molecule has 0 radical (unpaired) electrons. The van der Waals surface area contributed by atoms with E-state index >= 15 is 0 Å². The Balaban J connectivity index is 3.55. The molecule has 0 aromatic rings. The van der Waals surface area contributed by atoms with E-state index in [-0.39, 0.29) is 5.97 Å². The van der Waals surface area contributed by atoms with Crippen LogP contribution in [0.5, 0.6) is 0 Å². The molecule has 0 saturated carbocycles. The number of nitrogens with one attached hydrogen (secondary N) is 1. The Morgan fingerprint density at radius 1 is 1.57 bits per heavy atom. The van der Waals surface area contributed by atoms with Crippen LogP contribution >= 0.6 is 0 Å². The second-order valence-electron chi connectivity index (χ2n) is 3.01. The molecule has 0 unspecified atom stereocenters. The Morgan fingerprint density at radius 3 is 2.86 bits per heavy atom. The highest BCUT2D eigenvalue weighted by molar-refractivity contribution is 5.88. The van der Waals surface area contributed by atoms with Crippen molar-refractivity contribution in [3.8, 4) is 0 Å². The number of hydrogen-bond acceptors (Lipinski definition) is 3. The Labute approximate surface area is 85.8 Å². The van der Waals surface area contributed by atoms with Gasteiger partial charge in [0, 0.05) is 18.7 Å². The number of unbranched alkanes of at least 4 members (excludes halogenated alkanes) is 1. The van der Waals surface area contributed by atoms with Gasteiger partial charge in [-0.1, -0.05) is 26.0 Å². The fourth-order valence-electron chi connectivity index (χ4n) is 0.809. The molecule has 0 amide bonds. The lowest BCUT2D eigenvalue weighted by Crippen LogP contribution is -2.22. The smallest absolute Gasteiger partial charge is 0.334 e. The molecule has 0 heterocycles. The maximum atomic E-state index is 11.2. The summed E-state index contributed by atoms with van der Waals surface area (Å²) in [5.74, 6) is -0.310. The molecule has 0 spiro atoms. The van der Waals surface area contributed by atoms with Crippen LogP contribution in [0.2, 0.25) is 0 Å². The van der Waals surface area contributed by atoms with Crippen molar-refractivity contribution in [2.45, 2.75) is 19.8 Å². The van der Waals surface area contributed by atoms with Gasteiger partial charge in [-0.2, -0.15) is 0 Å². The third kappa shape index (κ3) is 6.43. The summed E-state index contributed by atoms with van der Waals surface area (Å²) >= 11 is 0. The second-order valence-corrected chi connectivity index (χ2v) is 3.01. The third-order valence-electron chi connectivity index (χ3n) is 1.65. The molecule has 14 heavy (non-hydrogen) atoms. The first-order chi connectivity index (χ1) is 6.72. The maximum Gasteiger partial charge on any atom is 0.334 e. The van der Waals surface area contributed by atoms with E-state index in [2.05, 4.69) is 18.5 Å². The van der Waals surface area contributed by atoms with Crippen molar-refractivity contribution < 1.29 is 9.53 Å². The molecular weight excluding hydrogens is 178 g/mol. The highest BCUT2D eigenvalue weighted by Gasteiger charge is 2.06. The van der Waals surface area contributed by atoms with Gasteiger partial charge in [-0.15, -0.1) is 6.58 Å². The SMILES string of the molecule is C=CCNCC(=C)C(=O)OCCCC. The Bertz CT molecular complexity index is 199. The minimum absolute atomic E-state index is 0.310. The average Bonchev–Trinajstić information content (AvgIpc) is 2.18. The van der Waals surface area contributed by atoms with Gasteiger partial charge in [0.2, 0.25) is 0 Å². The zero-order valence-corrected chi connectivity index (χ0v) is 8.84. The number of carbonyl (C=O) groups excluding carboxylic acids is 1. The number of hydrogen-bond donors (Lipinski definition) is 1. The Hall–Kier alpha value is -1.09. The normalized spacial score (nSPS) is 9.50. The molecule has 0 aliphatic rings. The number of esters is 1. The highest BCUT2D eigenvalue weighted by Crippen LogP contribution is 1.95. The van der Waals surface area contributed by atoms with E-state index in [0.29, 0.717) is 25.3 Å². The summed E-state index contributed by atoms with van der Waals surface area (Å²) in [5, 5.41) is 2.99. The van der Waals surface area contributed by atoms with Gasteiger partial charge in [0.05, 0.1) is 6.61 Å².